The van der Waals surface area contributed by atoms with Crippen LogP contribution in [-0.4, -0.2) is 13.3 Å². The fraction of sp³-hybridized carbons (Fsp3) is 0.250. The van der Waals surface area contributed by atoms with Crippen LogP contribution in [0.4, 0.5) is 4.39 Å². The number of hydrogen-bond acceptors (Lipinski definition) is 1. The van der Waals surface area contributed by atoms with Gasteiger partial charge in [-0.1, -0.05) is 6.58 Å². The highest BCUT2D eigenvalue weighted by atomic mass is 19.1. The van der Waals surface area contributed by atoms with Crippen LogP contribution in [-0.2, 0) is 0 Å². The number of nitrogens with zero attached hydrogens (tertiary/aromatic N) is 1. The first-order valence-electron chi connectivity index (χ1n) is 1.54. The van der Waals surface area contributed by atoms with Crippen molar-refractivity contribution >= 4 is 6.21 Å². The monoisotopic (exact) mass is 87.0 g/mol. The molecular formula is C4H6FN. The van der Waals surface area contributed by atoms with E-state index < -0.39 is 5.83 Å². The van der Waals surface area contributed by atoms with E-state index >= 15 is 0 Å². The van der Waals surface area contributed by atoms with Gasteiger partial charge in [-0.25, -0.2) is 4.39 Å². The molecule has 0 spiro atoms. The van der Waals surface area contributed by atoms with E-state index in [4.69, 9.17) is 0 Å². The third-order valence-electron chi connectivity index (χ3n) is 0.269. The van der Waals surface area contributed by atoms with Gasteiger partial charge in [0.25, 0.3) is 0 Å². The lowest BCUT2D eigenvalue weighted by Crippen LogP contribution is -1.66. The third-order valence-corrected chi connectivity index (χ3v) is 0.269. The van der Waals surface area contributed by atoms with Crippen molar-refractivity contribution in [1.82, 2.24) is 0 Å². The van der Waals surface area contributed by atoms with Gasteiger partial charge in [0.15, 0.2) is 0 Å². The molecule has 6 heavy (non-hydrogen) atoms. The van der Waals surface area contributed by atoms with Gasteiger partial charge < -0.3 is 0 Å². The highest BCUT2D eigenvalue weighted by Crippen LogP contribution is 1.80. The first kappa shape index (κ1) is 5.34. The fourth-order valence-corrected chi connectivity index (χ4v) is 0.140. The van der Waals surface area contributed by atoms with Gasteiger partial charge in [0.2, 0.25) is 0 Å². The number of aliphatic imine (C=N–C) groups is 1. The summed E-state index contributed by atoms with van der Waals surface area (Å²) in [5.41, 5.74) is 0. The largest absolute Gasteiger partial charge is 0.293 e. The molecule has 0 unspecified atom stereocenters. The van der Waals surface area contributed by atoms with Crippen molar-refractivity contribution in [2.24, 2.45) is 4.99 Å². The van der Waals surface area contributed by atoms with Crippen LogP contribution in [0.2, 0.25) is 0 Å². The summed E-state index contributed by atoms with van der Waals surface area (Å²) < 4.78 is 11.4. The van der Waals surface area contributed by atoms with E-state index in [0.717, 1.165) is 6.21 Å². The summed E-state index contributed by atoms with van der Waals surface area (Å²) in [5, 5.41) is 0. The quantitative estimate of drug-likeness (QED) is 0.426. The normalized spacial score (nSPS) is 9.67. The molecule has 0 heterocycles. The summed E-state index contributed by atoms with van der Waals surface area (Å²) in [6.07, 6.45) is 1.06. The molecular weight excluding hydrogens is 81.0 g/mol. The SMILES string of the molecule is C=C(F)/C=N\C. The molecule has 0 aromatic heterocycles. The van der Waals surface area contributed by atoms with Crippen molar-refractivity contribution < 1.29 is 4.39 Å². The van der Waals surface area contributed by atoms with Crippen molar-refractivity contribution in [3.8, 4) is 0 Å². The molecule has 0 fully saturated rings. The van der Waals surface area contributed by atoms with Crippen LogP contribution in [0.1, 0.15) is 0 Å². The second-order valence-electron chi connectivity index (χ2n) is 0.834. The minimum Gasteiger partial charge on any atom is -0.293 e. The number of halogens is 1. The number of rotatable bonds is 1. The zero-order chi connectivity index (χ0) is 4.99. The lowest BCUT2D eigenvalue weighted by molar-refractivity contribution is 0.690. The predicted molar refractivity (Wildman–Crippen MR) is 24.7 cm³/mol. The Morgan fingerprint density at radius 2 is 2.50 bits per heavy atom. The van der Waals surface area contributed by atoms with Crippen LogP contribution in [0.3, 0.4) is 0 Å². The van der Waals surface area contributed by atoms with Crippen LogP contribution in [0, 0.1) is 0 Å². The highest BCUT2D eigenvalue weighted by molar-refractivity contribution is 5.74. The van der Waals surface area contributed by atoms with E-state index in [1.165, 1.54) is 7.05 Å². The molecule has 1 nitrogen and oxygen atoms in total. The molecule has 2 heteroatoms. The van der Waals surface area contributed by atoms with Crippen LogP contribution < -0.4 is 0 Å². The molecule has 0 bridgehead atoms. The van der Waals surface area contributed by atoms with Gasteiger partial charge in [-0.15, -0.1) is 0 Å². The number of hydrogen-bond donors (Lipinski definition) is 0. The summed E-state index contributed by atoms with van der Waals surface area (Å²) in [6.45, 7) is 2.93. The Morgan fingerprint density at radius 1 is 2.00 bits per heavy atom. The molecule has 0 aliphatic carbocycles. The molecule has 0 saturated heterocycles. The topological polar surface area (TPSA) is 12.4 Å². The summed E-state index contributed by atoms with van der Waals surface area (Å²) in [7, 11) is 1.49. The van der Waals surface area contributed by atoms with E-state index in [1.54, 1.807) is 0 Å². The summed E-state index contributed by atoms with van der Waals surface area (Å²) in [6, 6.07) is 0. The molecule has 0 radical (unpaired) electrons. The first-order valence-corrected chi connectivity index (χ1v) is 1.54. The van der Waals surface area contributed by atoms with Gasteiger partial charge in [-0.2, -0.15) is 0 Å². The summed E-state index contributed by atoms with van der Waals surface area (Å²) in [5.74, 6) is -0.502. The molecule has 0 N–H and O–H groups in total. The first-order chi connectivity index (χ1) is 2.77. The standard InChI is InChI=1S/C4H6FN/c1-4(5)3-6-2/h3H,1H2,2H3/b6-3-. The van der Waals surface area contributed by atoms with E-state index in [1.807, 2.05) is 0 Å². The van der Waals surface area contributed by atoms with E-state index in [9.17, 15) is 4.39 Å². The van der Waals surface area contributed by atoms with Crippen molar-refractivity contribution in [2.45, 2.75) is 0 Å². The summed E-state index contributed by atoms with van der Waals surface area (Å²) >= 11 is 0. The molecule has 0 aliphatic rings. The molecule has 0 rings (SSSR count). The van der Waals surface area contributed by atoms with Crippen LogP contribution in [0.15, 0.2) is 17.4 Å². The Bertz CT molecular complexity index is 75.6. The maximum absolute atomic E-state index is 11.4. The highest BCUT2D eigenvalue weighted by Gasteiger charge is 1.71. The lowest BCUT2D eigenvalue weighted by atomic mass is 10.7. The van der Waals surface area contributed by atoms with Gasteiger partial charge in [0, 0.05) is 7.05 Å². The van der Waals surface area contributed by atoms with Gasteiger partial charge >= 0.3 is 0 Å². The molecule has 0 atom stereocenters. The second-order valence-corrected chi connectivity index (χ2v) is 0.834. The second kappa shape index (κ2) is 2.57. The Kier molecular flexibility index (Phi) is 2.29. The fourth-order valence-electron chi connectivity index (χ4n) is 0.140. The molecule has 0 amide bonds. The molecule has 34 valence electrons. The Labute approximate surface area is 36.2 Å². The molecule has 0 saturated carbocycles. The summed E-state index contributed by atoms with van der Waals surface area (Å²) in [4.78, 5) is 3.34. The minimum atomic E-state index is -0.502. The Hall–Kier alpha value is -0.660. The molecule has 0 aromatic carbocycles. The zero-order valence-electron chi connectivity index (χ0n) is 3.61. The van der Waals surface area contributed by atoms with Crippen LogP contribution >= 0.6 is 0 Å². The Morgan fingerprint density at radius 3 is 2.50 bits per heavy atom. The number of allylic oxidation sites excluding steroid dienone is 1. The van der Waals surface area contributed by atoms with Crippen LogP contribution in [0.5, 0.6) is 0 Å². The van der Waals surface area contributed by atoms with Crippen LogP contribution in [0.25, 0.3) is 0 Å². The smallest absolute Gasteiger partial charge is 0.133 e. The van der Waals surface area contributed by atoms with Crippen molar-refractivity contribution in [1.29, 1.82) is 0 Å². The zero-order valence-corrected chi connectivity index (χ0v) is 3.61. The lowest BCUT2D eigenvalue weighted by Gasteiger charge is -1.70. The van der Waals surface area contributed by atoms with E-state index in [-0.39, 0.29) is 0 Å². The average Bonchev–Trinajstić information content (AvgIpc) is 1.35. The van der Waals surface area contributed by atoms with Crippen molar-refractivity contribution in [3.05, 3.63) is 12.4 Å². The van der Waals surface area contributed by atoms with E-state index in [0.29, 0.717) is 0 Å². The van der Waals surface area contributed by atoms with Gasteiger partial charge in [0.1, 0.15) is 5.83 Å². The minimum absolute atomic E-state index is 0.502. The molecule has 0 aliphatic heterocycles. The maximum atomic E-state index is 11.4. The average molecular weight is 87.1 g/mol. The third kappa shape index (κ3) is 3.34. The Balaban J connectivity index is 3.30. The molecule has 0 aromatic rings. The maximum Gasteiger partial charge on any atom is 0.133 e. The van der Waals surface area contributed by atoms with E-state index in [2.05, 4.69) is 11.6 Å². The van der Waals surface area contributed by atoms with Gasteiger partial charge in [-0.05, 0) is 0 Å². The van der Waals surface area contributed by atoms with Crippen molar-refractivity contribution in [3.63, 3.8) is 0 Å². The predicted octanol–water partition coefficient (Wildman–Crippen LogP) is 1.17. The van der Waals surface area contributed by atoms with Gasteiger partial charge in [-0.3, -0.25) is 4.99 Å². The van der Waals surface area contributed by atoms with Crippen molar-refractivity contribution in [2.75, 3.05) is 7.05 Å². The van der Waals surface area contributed by atoms with Gasteiger partial charge in [0.05, 0.1) is 6.21 Å².